The van der Waals surface area contributed by atoms with Crippen molar-refractivity contribution < 1.29 is 14.3 Å². The van der Waals surface area contributed by atoms with Crippen molar-refractivity contribution in [2.24, 2.45) is 11.8 Å². The van der Waals surface area contributed by atoms with Gasteiger partial charge in [-0.15, -0.1) is 0 Å². The second-order valence-electron chi connectivity index (χ2n) is 4.00. The summed E-state index contributed by atoms with van der Waals surface area (Å²) in [6, 6.07) is 8.86. The maximum atomic E-state index is 13.7. The third-order valence-corrected chi connectivity index (χ3v) is 2.33. The summed E-state index contributed by atoms with van der Waals surface area (Å²) in [6.07, 6.45) is 1.28. The van der Waals surface area contributed by atoms with Gasteiger partial charge in [-0.05, 0) is 17.6 Å². The van der Waals surface area contributed by atoms with E-state index in [1.807, 2.05) is 6.07 Å². The Morgan fingerprint density at radius 3 is 2.31 bits per heavy atom. The Morgan fingerprint density at radius 1 is 1.31 bits per heavy atom. The van der Waals surface area contributed by atoms with E-state index >= 15 is 0 Å². The lowest BCUT2D eigenvalue weighted by Gasteiger charge is -2.13. The lowest BCUT2D eigenvalue weighted by molar-refractivity contribution is -0.142. The summed E-state index contributed by atoms with van der Waals surface area (Å²) >= 11 is 0. The molecule has 1 unspecified atom stereocenters. The van der Waals surface area contributed by atoms with E-state index in [4.69, 9.17) is 5.11 Å². The molecule has 2 nitrogen and oxygen atoms in total. The molecule has 0 aromatic heterocycles. The zero-order chi connectivity index (χ0) is 12.1. The number of halogens is 1. The van der Waals surface area contributed by atoms with E-state index in [1.165, 1.54) is 6.08 Å². The van der Waals surface area contributed by atoms with Gasteiger partial charge in [0.2, 0.25) is 0 Å². The highest BCUT2D eigenvalue weighted by molar-refractivity contribution is 5.75. The average Bonchev–Trinajstić information content (AvgIpc) is 2.17. The molecule has 0 heterocycles. The fourth-order valence-electron chi connectivity index (χ4n) is 1.52. The van der Waals surface area contributed by atoms with E-state index in [9.17, 15) is 9.18 Å². The quantitative estimate of drug-likeness (QED) is 0.848. The summed E-state index contributed by atoms with van der Waals surface area (Å²) < 4.78 is 13.7. The minimum Gasteiger partial charge on any atom is -0.481 e. The number of hydrogen-bond acceptors (Lipinski definition) is 1. The number of carbonyl (C=O) groups is 1. The van der Waals surface area contributed by atoms with Crippen molar-refractivity contribution in [1.82, 2.24) is 0 Å². The standard InChI is InChI=1S/C13H15FO2/c1-9(2)12(13(15)16)11(14)8-10-6-4-3-5-7-10/h3-9,12H,1-2H3,(H,15,16)/b11-8-. The predicted molar refractivity (Wildman–Crippen MR) is 61.5 cm³/mol. The molecule has 86 valence electrons. The van der Waals surface area contributed by atoms with Crippen LogP contribution in [0.4, 0.5) is 4.39 Å². The van der Waals surface area contributed by atoms with Crippen LogP contribution in [-0.2, 0) is 4.79 Å². The van der Waals surface area contributed by atoms with Crippen LogP contribution in [-0.4, -0.2) is 11.1 Å². The molecule has 0 aliphatic heterocycles. The third kappa shape index (κ3) is 3.19. The zero-order valence-electron chi connectivity index (χ0n) is 9.35. The molecule has 0 fully saturated rings. The third-order valence-electron chi connectivity index (χ3n) is 2.33. The zero-order valence-corrected chi connectivity index (χ0v) is 9.35. The second kappa shape index (κ2) is 5.45. The van der Waals surface area contributed by atoms with Crippen molar-refractivity contribution >= 4 is 12.0 Å². The first-order valence-corrected chi connectivity index (χ1v) is 5.17. The Kier molecular flexibility index (Phi) is 4.23. The van der Waals surface area contributed by atoms with Gasteiger partial charge in [0.05, 0.1) is 0 Å². The minimum atomic E-state index is -1.13. The number of rotatable bonds is 4. The second-order valence-corrected chi connectivity index (χ2v) is 4.00. The van der Waals surface area contributed by atoms with Gasteiger partial charge in [-0.3, -0.25) is 4.79 Å². The van der Waals surface area contributed by atoms with Crippen LogP contribution in [0.1, 0.15) is 19.4 Å². The van der Waals surface area contributed by atoms with Crippen molar-refractivity contribution in [3.8, 4) is 0 Å². The molecular weight excluding hydrogens is 207 g/mol. The van der Waals surface area contributed by atoms with Crippen LogP contribution < -0.4 is 0 Å². The molecular formula is C13H15FO2. The molecule has 1 aromatic rings. The van der Waals surface area contributed by atoms with E-state index in [2.05, 4.69) is 0 Å². The van der Waals surface area contributed by atoms with Crippen LogP contribution in [0.3, 0.4) is 0 Å². The fourth-order valence-corrected chi connectivity index (χ4v) is 1.52. The molecule has 1 atom stereocenters. The fraction of sp³-hybridized carbons (Fsp3) is 0.308. The monoisotopic (exact) mass is 222 g/mol. The van der Waals surface area contributed by atoms with E-state index in [1.54, 1.807) is 38.1 Å². The minimum absolute atomic E-state index is 0.266. The molecule has 0 aliphatic rings. The molecule has 0 bridgehead atoms. The summed E-state index contributed by atoms with van der Waals surface area (Å²) in [6.45, 7) is 3.38. The van der Waals surface area contributed by atoms with E-state index in [0.717, 1.165) is 0 Å². The number of benzene rings is 1. The maximum absolute atomic E-state index is 13.7. The molecule has 1 aromatic carbocycles. The Hall–Kier alpha value is -1.64. The predicted octanol–water partition coefficient (Wildman–Crippen LogP) is 3.35. The van der Waals surface area contributed by atoms with Gasteiger partial charge in [-0.25, -0.2) is 4.39 Å². The van der Waals surface area contributed by atoms with Crippen molar-refractivity contribution in [3.63, 3.8) is 0 Å². The van der Waals surface area contributed by atoms with E-state index < -0.39 is 17.7 Å². The van der Waals surface area contributed by atoms with Gasteiger partial charge in [0.1, 0.15) is 11.7 Å². The van der Waals surface area contributed by atoms with Crippen LogP contribution in [0.25, 0.3) is 6.08 Å². The van der Waals surface area contributed by atoms with Crippen LogP contribution >= 0.6 is 0 Å². The van der Waals surface area contributed by atoms with E-state index in [-0.39, 0.29) is 5.92 Å². The molecule has 0 spiro atoms. The lowest BCUT2D eigenvalue weighted by atomic mass is 9.93. The molecule has 0 aliphatic carbocycles. The van der Waals surface area contributed by atoms with Gasteiger partial charge in [0.25, 0.3) is 0 Å². The highest BCUT2D eigenvalue weighted by Crippen LogP contribution is 2.24. The number of hydrogen-bond donors (Lipinski definition) is 1. The normalized spacial score (nSPS) is 13.9. The molecule has 0 amide bonds. The van der Waals surface area contributed by atoms with Gasteiger partial charge in [0.15, 0.2) is 0 Å². The topological polar surface area (TPSA) is 37.3 Å². The SMILES string of the molecule is CC(C)C(C(=O)O)/C(F)=C/c1ccccc1. The molecule has 1 N–H and O–H groups in total. The average molecular weight is 222 g/mol. The Morgan fingerprint density at radius 2 is 1.88 bits per heavy atom. The van der Waals surface area contributed by atoms with Crippen molar-refractivity contribution in [2.75, 3.05) is 0 Å². The highest BCUT2D eigenvalue weighted by Gasteiger charge is 2.26. The van der Waals surface area contributed by atoms with Crippen LogP contribution in [0.15, 0.2) is 36.2 Å². The molecule has 3 heteroatoms. The van der Waals surface area contributed by atoms with Crippen LogP contribution in [0.2, 0.25) is 0 Å². The van der Waals surface area contributed by atoms with Crippen molar-refractivity contribution in [2.45, 2.75) is 13.8 Å². The van der Waals surface area contributed by atoms with Crippen molar-refractivity contribution in [3.05, 3.63) is 41.7 Å². The number of carboxylic acid groups (broad SMARTS) is 1. The smallest absolute Gasteiger partial charge is 0.313 e. The Balaban J connectivity index is 2.95. The van der Waals surface area contributed by atoms with Gasteiger partial charge >= 0.3 is 5.97 Å². The molecule has 0 saturated heterocycles. The molecule has 0 saturated carbocycles. The molecule has 1 rings (SSSR count). The van der Waals surface area contributed by atoms with Gasteiger partial charge in [-0.2, -0.15) is 0 Å². The number of carboxylic acids is 1. The van der Waals surface area contributed by atoms with Gasteiger partial charge in [0, 0.05) is 0 Å². The summed E-state index contributed by atoms with van der Waals surface area (Å²) in [7, 11) is 0. The largest absolute Gasteiger partial charge is 0.481 e. The van der Waals surface area contributed by atoms with Gasteiger partial charge in [-0.1, -0.05) is 44.2 Å². The van der Waals surface area contributed by atoms with Crippen molar-refractivity contribution in [1.29, 1.82) is 0 Å². The maximum Gasteiger partial charge on any atom is 0.313 e. The lowest BCUT2D eigenvalue weighted by Crippen LogP contribution is -2.20. The molecule has 16 heavy (non-hydrogen) atoms. The highest BCUT2D eigenvalue weighted by atomic mass is 19.1. The summed E-state index contributed by atoms with van der Waals surface area (Å²) in [5, 5.41) is 8.91. The van der Waals surface area contributed by atoms with E-state index in [0.29, 0.717) is 5.56 Å². The van der Waals surface area contributed by atoms with Crippen LogP contribution in [0.5, 0.6) is 0 Å². The summed E-state index contributed by atoms with van der Waals surface area (Å²) in [5.41, 5.74) is 0.673. The summed E-state index contributed by atoms with van der Waals surface area (Å²) in [4.78, 5) is 10.9. The first kappa shape index (κ1) is 12.4. The van der Waals surface area contributed by atoms with Crippen LogP contribution in [0, 0.1) is 11.8 Å². The first-order valence-electron chi connectivity index (χ1n) is 5.17. The summed E-state index contributed by atoms with van der Waals surface area (Å²) in [5.74, 6) is -3.06. The first-order chi connectivity index (χ1) is 7.52. The Labute approximate surface area is 94.4 Å². The molecule has 0 radical (unpaired) electrons. The van der Waals surface area contributed by atoms with Gasteiger partial charge < -0.3 is 5.11 Å². The Bertz CT molecular complexity index is 382. The number of aliphatic carboxylic acids is 1.